The Labute approximate surface area is 144 Å². The first-order valence-corrected chi connectivity index (χ1v) is 7.64. The average molecular weight is 336 g/mol. The SMILES string of the molecule is Cc1ccc(-n2nc(C)cc2NC(=O)c2ccccc2[N+](=O)[O-])cc1. The van der Waals surface area contributed by atoms with Crippen LogP contribution in [0.5, 0.6) is 0 Å². The highest BCUT2D eigenvalue weighted by Gasteiger charge is 2.20. The van der Waals surface area contributed by atoms with E-state index in [0.717, 1.165) is 16.9 Å². The number of rotatable bonds is 4. The van der Waals surface area contributed by atoms with Gasteiger partial charge in [0, 0.05) is 12.1 Å². The van der Waals surface area contributed by atoms with Crippen molar-refractivity contribution in [2.45, 2.75) is 13.8 Å². The van der Waals surface area contributed by atoms with Gasteiger partial charge in [0.25, 0.3) is 11.6 Å². The summed E-state index contributed by atoms with van der Waals surface area (Å²) in [6.07, 6.45) is 0. The van der Waals surface area contributed by atoms with E-state index in [1.165, 1.54) is 18.2 Å². The van der Waals surface area contributed by atoms with Crippen LogP contribution in [-0.2, 0) is 0 Å². The number of para-hydroxylation sites is 1. The summed E-state index contributed by atoms with van der Waals surface area (Å²) >= 11 is 0. The summed E-state index contributed by atoms with van der Waals surface area (Å²) in [7, 11) is 0. The van der Waals surface area contributed by atoms with Crippen LogP contribution in [0.15, 0.2) is 54.6 Å². The van der Waals surface area contributed by atoms with Gasteiger partial charge in [0.1, 0.15) is 11.4 Å². The Kier molecular flexibility index (Phi) is 4.30. The van der Waals surface area contributed by atoms with Crippen molar-refractivity contribution >= 4 is 17.4 Å². The molecular weight excluding hydrogens is 320 g/mol. The van der Waals surface area contributed by atoms with Crippen LogP contribution in [0.4, 0.5) is 11.5 Å². The minimum atomic E-state index is -0.572. The topological polar surface area (TPSA) is 90.1 Å². The van der Waals surface area contributed by atoms with Crippen molar-refractivity contribution in [3.05, 3.63) is 81.5 Å². The molecule has 7 nitrogen and oxygen atoms in total. The Morgan fingerprint density at radius 3 is 2.48 bits per heavy atom. The van der Waals surface area contributed by atoms with Gasteiger partial charge in [0.05, 0.1) is 16.3 Å². The number of aromatic nitrogens is 2. The smallest absolute Gasteiger partial charge is 0.282 e. The lowest BCUT2D eigenvalue weighted by Gasteiger charge is -2.09. The number of nitrogens with one attached hydrogen (secondary N) is 1. The van der Waals surface area contributed by atoms with Gasteiger partial charge < -0.3 is 5.32 Å². The van der Waals surface area contributed by atoms with Gasteiger partial charge in [0.15, 0.2) is 0 Å². The molecule has 0 atom stereocenters. The molecule has 1 N–H and O–H groups in total. The van der Waals surface area contributed by atoms with Crippen LogP contribution in [0.2, 0.25) is 0 Å². The van der Waals surface area contributed by atoms with Gasteiger partial charge >= 0.3 is 0 Å². The number of nitrogens with zero attached hydrogens (tertiary/aromatic N) is 3. The van der Waals surface area contributed by atoms with Crippen molar-refractivity contribution in [2.24, 2.45) is 0 Å². The maximum atomic E-state index is 12.5. The van der Waals surface area contributed by atoms with Gasteiger partial charge in [0.2, 0.25) is 0 Å². The van der Waals surface area contributed by atoms with Crippen LogP contribution in [0.25, 0.3) is 5.69 Å². The predicted octanol–water partition coefficient (Wildman–Crippen LogP) is 3.65. The van der Waals surface area contributed by atoms with Crippen LogP contribution in [0.3, 0.4) is 0 Å². The lowest BCUT2D eigenvalue weighted by Crippen LogP contribution is -2.16. The Bertz CT molecular complexity index is 945. The van der Waals surface area contributed by atoms with E-state index in [-0.39, 0.29) is 11.3 Å². The minimum absolute atomic E-state index is 0.00168. The summed E-state index contributed by atoms with van der Waals surface area (Å²) < 4.78 is 1.60. The molecule has 0 aliphatic carbocycles. The van der Waals surface area contributed by atoms with Gasteiger partial charge in [-0.3, -0.25) is 14.9 Å². The molecule has 0 fully saturated rings. The first kappa shape index (κ1) is 16.4. The van der Waals surface area contributed by atoms with Crippen molar-refractivity contribution in [1.29, 1.82) is 0 Å². The number of nitro groups is 1. The van der Waals surface area contributed by atoms with E-state index in [0.29, 0.717) is 5.82 Å². The Morgan fingerprint density at radius 1 is 1.12 bits per heavy atom. The lowest BCUT2D eigenvalue weighted by molar-refractivity contribution is -0.385. The van der Waals surface area contributed by atoms with Gasteiger partial charge in [-0.05, 0) is 32.0 Å². The number of nitro benzene ring substituents is 1. The van der Waals surface area contributed by atoms with E-state index in [9.17, 15) is 14.9 Å². The third-order valence-corrected chi connectivity index (χ3v) is 3.70. The molecule has 0 spiro atoms. The van der Waals surface area contributed by atoms with E-state index in [1.54, 1.807) is 16.8 Å². The molecule has 0 aliphatic rings. The number of benzene rings is 2. The van der Waals surface area contributed by atoms with E-state index in [4.69, 9.17) is 0 Å². The maximum Gasteiger partial charge on any atom is 0.282 e. The Balaban J connectivity index is 1.95. The molecule has 1 heterocycles. The fourth-order valence-corrected chi connectivity index (χ4v) is 2.48. The second-order valence-corrected chi connectivity index (χ2v) is 5.65. The number of anilines is 1. The summed E-state index contributed by atoms with van der Waals surface area (Å²) in [6.45, 7) is 3.79. The van der Waals surface area contributed by atoms with Crippen molar-refractivity contribution in [2.75, 3.05) is 5.32 Å². The molecule has 7 heteroatoms. The van der Waals surface area contributed by atoms with Crippen LogP contribution < -0.4 is 5.32 Å². The third-order valence-electron chi connectivity index (χ3n) is 3.70. The van der Waals surface area contributed by atoms with Crippen molar-refractivity contribution in [3.63, 3.8) is 0 Å². The fraction of sp³-hybridized carbons (Fsp3) is 0.111. The minimum Gasteiger partial charge on any atom is -0.306 e. The van der Waals surface area contributed by atoms with Gasteiger partial charge in [-0.15, -0.1) is 0 Å². The monoisotopic (exact) mass is 336 g/mol. The standard InChI is InChI=1S/C18H16N4O3/c1-12-7-9-14(10-8-12)21-17(11-13(2)20-21)19-18(23)15-5-3-4-6-16(15)22(24)25/h3-11H,1-2H3,(H,19,23). The molecule has 0 radical (unpaired) electrons. The van der Waals surface area contributed by atoms with Gasteiger partial charge in [-0.1, -0.05) is 29.8 Å². The molecule has 1 amide bonds. The summed E-state index contributed by atoms with van der Waals surface area (Å²) in [4.78, 5) is 23.1. The number of carbonyl (C=O) groups is 1. The zero-order valence-electron chi connectivity index (χ0n) is 13.8. The molecule has 0 saturated carbocycles. The summed E-state index contributed by atoms with van der Waals surface area (Å²) in [5, 5.41) is 18.2. The van der Waals surface area contributed by atoms with Gasteiger partial charge in [-0.25, -0.2) is 4.68 Å². The van der Waals surface area contributed by atoms with Crippen LogP contribution >= 0.6 is 0 Å². The molecule has 0 unspecified atom stereocenters. The summed E-state index contributed by atoms with van der Waals surface area (Å²) in [5.74, 6) is -0.106. The molecular formula is C18H16N4O3. The molecule has 0 bridgehead atoms. The Hall–Kier alpha value is -3.48. The highest BCUT2D eigenvalue weighted by molar-refractivity contribution is 6.06. The lowest BCUT2D eigenvalue weighted by atomic mass is 10.1. The van der Waals surface area contributed by atoms with E-state index in [2.05, 4.69) is 10.4 Å². The number of aryl methyl sites for hydroxylation is 2. The summed E-state index contributed by atoms with van der Waals surface area (Å²) in [5.41, 5.74) is 2.38. The molecule has 3 aromatic rings. The predicted molar refractivity (Wildman–Crippen MR) is 94.1 cm³/mol. The average Bonchev–Trinajstić information content (AvgIpc) is 2.95. The van der Waals surface area contributed by atoms with Gasteiger partial charge in [-0.2, -0.15) is 5.10 Å². The Morgan fingerprint density at radius 2 is 1.80 bits per heavy atom. The van der Waals surface area contributed by atoms with Crippen molar-refractivity contribution < 1.29 is 9.72 Å². The molecule has 126 valence electrons. The molecule has 2 aromatic carbocycles. The zero-order chi connectivity index (χ0) is 18.0. The quantitative estimate of drug-likeness (QED) is 0.581. The molecule has 0 saturated heterocycles. The summed E-state index contributed by atoms with van der Waals surface area (Å²) in [6, 6.07) is 15.2. The molecule has 25 heavy (non-hydrogen) atoms. The van der Waals surface area contributed by atoms with Crippen LogP contribution in [-0.4, -0.2) is 20.6 Å². The largest absolute Gasteiger partial charge is 0.306 e. The number of carbonyl (C=O) groups excluding carboxylic acids is 1. The van der Waals surface area contributed by atoms with Crippen LogP contribution in [0, 0.1) is 24.0 Å². The first-order chi connectivity index (χ1) is 12.0. The maximum absolute atomic E-state index is 12.5. The first-order valence-electron chi connectivity index (χ1n) is 7.64. The van der Waals surface area contributed by atoms with Crippen molar-refractivity contribution in [3.8, 4) is 5.69 Å². The number of hydrogen-bond acceptors (Lipinski definition) is 4. The molecule has 0 aliphatic heterocycles. The molecule has 1 aromatic heterocycles. The number of hydrogen-bond donors (Lipinski definition) is 1. The van der Waals surface area contributed by atoms with Crippen molar-refractivity contribution in [1.82, 2.24) is 9.78 Å². The van der Waals surface area contributed by atoms with E-state index in [1.807, 2.05) is 38.1 Å². The van der Waals surface area contributed by atoms with E-state index < -0.39 is 10.8 Å². The molecule has 3 rings (SSSR count). The highest BCUT2D eigenvalue weighted by atomic mass is 16.6. The highest BCUT2D eigenvalue weighted by Crippen LogP contribution is 2.22. The third kappa shape index (κ3) is 3.40. The zero-order valence-corrected chi connectivity index (χ0v) is 13.8. The second-order valence-electron chi connectivity index (χ2n) is 5.65. The number of amides is 1. The fourth-order valence-electron chi connectivity index (χ4n) is 2.48. The van der Waals surface area contributed by atoms with Crippen LogP contribution in [0.1, 0.15) is 21.6 Å². The van der Waals surface area contributed by atoms with E-state index >= 15 is 0 Å². The second kappa shape index (κ2) is 6.56. The normalized spacial score (nSPS) is 10.5.